The van der Waals surface area contributed by atoms with Crippen LogP contribution in [0.15, 0.2) is 23.4 Å². The van der Waals surface area contributed by atoms with Gasteiger partial charge in [-0.25, -0.2) is 4.98 Å². The molecule has 1 heterocycles. The summed E-state index contributed by atoms with van der Waals surface area (Å²) in [7, 11) is 1.43. The number of hydrogen-bond donors (Lipinski definition) is 2. The first-order valence-electron chi connectivity index (χ1n) is 5.61. The van der Waals surface area contributed by atoms with Crippen LogP contribution in [0, 0.1) is 10.1 Å². The Morgan fingerprint density at radius 1 is 1.57 bits per heavy atom. The SMILES string of the molecule is COc1ccc([N+](=O)[O-])cc1-c1nc(SCC(=O)O)n[nH]1. The first-order valence-corrected chi connectivity index (χ1v) is 6.59. The molecule has 0 saturated heterocycles. The molecule has 10 heteroatoms. The Hall–Kier alpha value is -2.62. The van der Waals surface area contributed by atoms with Gasteiger partial charge in [-0.05, 0) is 6.07 Å². The van der Waals surface area contributed by atoms with Crippen LogP contribution < -0.4 is 4.74 Å². The molecule has 0 spiro atoms. The molecule has 21 heavy (non-hydrogen) atoms. The lowest BCUT2D eigenvalue weighted by atomic mass is 10.1. The smallest absolute Gasteiger partial charge is 0.313 e. The number of benzene rings is 1. The van der Waals surface area contributed by atoms with Crippen molar-refractivity contribution >= 4 is 23.4 Å². The van der Waals surface area contributed by atoms with Crippen LogP contribution in [-0.4, -0.2) is 44.0 Å². The summed E-state index contributed by atoms with van der Waals surface area (Å²) in [6, 6.07) is 4.09. The van der Waals surface area contributed by atoms with Gasteiger partial charge in [-0.2, -0.15) is 0 Å². The van der Waals surface area contributed by atoms with Crippen LogP contribution >= 0.6 is 11.8 Å². The van der Waals surface area contributed by atoms with Gasteiger partial charge < -0.3 is 9.84 Å². The lowest BCUT2D eigenvalue weighted by Crippen LogP contribution is -1.97. The number of carbonyl (C=O) groups is 1. The van der Waals surface area contributed by atoms with Crippen LogP contribution in [0.2, 0.25) is 0 Å². The summed E-state index contributed by atoms with van der Waals surface area (Å²) in [6.07, 6.45) is 0. The first-order chi connectivity index (χ1) is 10.0. The van der Waals surface area contributed by atoms with Crippen LogP contribution in [-0.2, 0) is 4.79 Å². The average Bonchev–Trinajstić information content (AvgIpc) is 2.93. The third-order valence-electron chi connectivity index (χ3n) is 2.44. The van der Waals surface area contributed by atoms with Crippen molar-refractivity contribution in [3.8, 4) is 17.1 Å². The van der Waals surface area contributed by atoms with E-state index in [2.05, 4.69) is 15.2 Å². The predicted octanol–water partition coefficient (Wildman–Crippen LogP) is 1.57. The predicted molar refractivity (Wildman–Crippen MR) is 73.4 cm³/mol. The van der Waals surface area contributed by atoms with Gasteiger partial charge >= 0.3 is 5.97 Å². The number of hydrogen-bond acceptors (Lipinski definition) is 7. The van der Waals surface area contributed by atoms with E-state index in [9.17, 15) is 14.9 Å². The van der Waals surface area contributed by atoms with E-state index in [0.29, 0.717) is 11.3 Å². The minimum Gasteiger partial charge on any atom is -0.496 e. The van der Waals surface area contributed by atoms with Gasteiger partial charge in [0.1, 0.15) is 5.75 Å². The van der Waals surface area contributed by atoms with E-state index >= 15 is 0 Å². The van der Waals surface area contributed by atoms with Crippen molar-refractivity contribution in [1.82, 2.24) is 15.2 Å². The Morgan fingerprint density at radius 3 is 2.95 bits per heavy atom. The third kappa shape index (κ3) is 3.48. The monoisotopic (exact) mass is 310 g/mol. The summed E-state index contributed by atoms with van der Waals surface area (Å²) in [5, 5.41) is 26.1. The second-order valence-corrected chi connectivity index (χ2v) is 4.73. The Labute approximate surface area is 122 Å². The van der Waals surface area contributed by atoms with Crippen molar-refractivity contribution in [2.75, 3.05) is 12.9 Å². The number of non-ortho nitro benzene ring substituents is 1. The molecular formula is C11H10N4O5S. The number of H-pyrrole nitrogens is 1. The van der Waals surface area contributed by atoms with Crippen molar-refractivity contribution < 1.29 is 19.6 Å². The normalized spacial score (nSPS) is 10.3. The topological polar surface area (TPSA) is 131 Å². The number of carboxylic acids is 1. The number of rotatable bonds is 6. The van der Waals surface area contributed by atoms with Crippen molar-refractivity contribution in [3.05, 3.63) is 28.3 Å². The molecule has 0 aliphatic heterocycles. The lowest BCUT2D eigenvalue weighted by Gasteiger charge is -2.05. The molecule has 2 rings (SSSR count). The number of aliphatic carboxylic acids is 1. The Kier molecular flexibility index (Phi) is 4.38. The second kappa shape index (κ2) is 6.22. The molecule has 0 aliphatic carbocycles. The van der Waals surface area contributed by atoms with E-state index < -0.39 is 10.9 Å². The van der Waals surface area contributed by atoms with Gasteiger partial charge in [0, 0.05) is 12.1 Å². The Balaban J connectivity index is 2.34. The molecule has 9 nitrogen and oxygen atoms in total. The Bertz CT molecular complexity index is 687. The quantitative estimate of drug-likeness (QED) is 0.467. The number of aromatic amines is 1. The van der Waals surface area contributed by atoms with E-state index in [0.717, 1.165) is 11.8 Å². The van der Waals surface area contributed by atoms with Crippen molar-refractivity contribution in [1.29, 1.82) is 0 Å². The summed E-state index contributed by atoms with van der Waals surface area (Å²) in [5.41, 5.74) is 0.267. The summed E-state index contributed by atoms with van der Waals surface area (Å²) in [5.74, 6) is -0.502. The van der Waals surface area contributed by atoms with Gasteiger partial charge in [0.25, 0.3) is 5.69 Å². The summed E-state index contributed by atoms with van der Waals surface area (Å²) in [6.45, 7) is 0. The maximum atomic E-state index is 10.8. The second-order valence-electron chi connectivity index (χ2n) is 3.79. The number of nitro benzene ring substituents is 1. The van der Waals surface area contributed by atoms with Crippen molar-refractivity contribution in [3.63, 3.8) is 0 Å². The van der Waals surface area contributed by atoms with Crippen LogP contribution in [0.25, 0.3) is 11.4 Å². The fourth-order valence-corrected chi connectivity index (χ4v) is 2.07. The third-order valence-corrected chi connectivity index (χ3v) is 3.27. The van der Waals surface area contributed by atoms with Crippen LogP contribution in [0.1, 0.15) is 0 Å². The fourth-order valence-electron chi connectivity index (χ4n) is 1.55. The maximum Gasteiger partial charge on any atom is 0.313 e. The van der Waals surface area contributed by atoms with Crippen LogP contribution in [0.4, 0.5) is 5.69 Å². The highest BCUT2D eigenvalue weighted by Crippen LogP contribution is 2.31. The number of nitrogens with zero attached hydrogens (tertiary/aromatic N) is 3. The molecule has 0 atom stereocenters. The zero-order valence-corrected chi connectivity index (χ0v) is 11.6. The zero-order chi connectivity index (χ0) is 15.4. The number of ether oxygens (including phenoxy) is 1. The van der Waals surface area contributed by atoms with Gasteiger partial charge in [-0.1, -0.05) is 11.8 Å². The number of aromatic nitrogens is 3. The summed E-state index contributed by atoms with van der Waals surface area (Å²) in [4.78, 5) is 24.9. The molecule has 0 radical (unpaired) electrons. The average molecular weight is 310 g/mol. The molecule has 2 N–H and O–H groups in total. The number of methoxy groups -OCH3 is 1. The summed E-state index contributed by atoms with van der Waals surface area (Å²) >= 11 is 0.940. The van der Waals surface area contributed by atoms with Gasteiger partial charge in [0.05, 0.1) is 23.3 Å². The number of thioether (sulfide) groups is 1. The zero-order valence-electron chi connectivity index (χ0n) is 10.8. The van der Waals surface area contributed by atoms with Gasteiger partial charge in [-0.3, -0.25) is 20.0 Å². The molecule has 2 aromatic rings. The van der Waals surface area contributed by atoms with Gasteiger partial charge in [0.15, 0.2) is 5.82 Å². The largest absolute Gasteiger partial charge is 0.496 e. The molecule has 0 fully saturated rings. The number of nitrogens with one attached hydrogen (secondary N) is 1. The fraction of sp³-hybridized carbons (Fsp3) is 0.182. The van der Waals surface area contributed by atoms with E-state index in [1.807, 2.05) is 0 Å². The molecule has 0 aliphatic rings. The van der Waals surface area contributed by atoms with Crippen LogP contribution in [0.5, 0.6) is 5.75 Å². The molecule has 110 valence electrons. The standard InChI is InChI=1S/C11H10N4O5S/c1-20-8-3-2-6(15(18)19)4-7(8)10-12-11(14-13-10)21-5-9(16)17/h2-4H,5H2,1H3,(H,16,17)(H,12,13,14). The van der Waals surface area contributed by atoms with E-state index in [4.69, 9.17) is 9.84 Å². The molecule has 0 bridgehead atoms. The lowest BCUT2D eigenvalue weighted by molar-refractivity contribution is -0.384. The molecule has 0 unspecified atom stereocenters. The molecular weight excluding hydrogens is 300 g/mol. The number of carboxylic acid groups (broad SMARTS) is 1. The van der Waals surface area contributed by atoms with E-state index in [-0.39, 0.29) is 22.4 Å². The van der Waals surface area contributed by atoms with E-state index in [1.54, 1.807) is 0 Å². The minimum absolute atomic E-state index is 0.109. The molecule has 0 amide bonds. The highest BCUT2D eigenvalue weighted by molar-refractivity contribution is 7.99. The summed E-state index contributed by atoms with van der Waals surface area (Å²) < 4.78 is 5.13. The van der Waals surface area contributed by atoms with E-state index in [1.165, 1.54) is 25.3 Å². The Morgan fingerprint density at radius 2 is 2.33 bits per heavy atom. The van der Waals surface area contributed by atoms with Crippen molar-refractivity contribution in [2.24, 2.45) is 0 Å². The minimum atomic E-state index is -0.987. The van der Waals surface area contributed by atoms with Gasteiger partial charge in [0.2, 0.25) is 5.16 Å². The van der Waals surface area contributed by atoms with Crippen LogP contribution in [0.3, 0.4) is 0 Å². The number of nitro groups is 1. The molecule has 1 aromatic carbocycles. The van der Waals surface area contributed by atoms with Crippen molar-refractivity contribution in [2.45, 2.75) is 5.16 Å². The molecule has 1 aromatic heterocycles. The van der Waals surface area contributed by atoms with Gasteiger partial charge in [-0.15, -0.1) is 5.10 Å². The highest BCUT2D eigenvalue weighted by atomic mass is 32.2. The maximum absolute atomic E-state index is 10.8. The first kappa shape index (κ1) is 14.8. The highest BCUT2D eigenvalue weighted by Gasteiger charge is 2.16. The molecule has 0 saturated carbocycles.